The molecule has 0 radical (unpaired) electrons. The fraction of sp³-hybridized carbons (Fsp3) is 0.0476. The maximum Gasteiger partial charge on any atom is 0.130 e. The van der Waals surface area contributed by atoms with Gasteiger partial charge in [-0.1, -0.05) is 54.6 Å². The van der Waals surface area contributed by atoms with Gasteiger partial charge in [0.05, 0.1) is 12.7 Å². The van der Waals surface area contributed by atoms with Crippen molar-refractivity contribution in [2.75, 3.05) is 7.11 Å². The molecule has 23 heavy (non-hydrogen) atoms. The van der Waals surface area contributed by atoms with Crippen LogP contribution in [-0.2, 0) is 0 Å². The summed E-state index contributed by atoms with van der Waals surface area (Å²) in [5, 5.41) is 15.1. The first kappa shape index (κ1) is 13.6. The number of fused-ring (bicyclic) bond motifs is 3. The van der Waals surface area contributed by atoms with Crippen molar-refractivity contribution >= 4 is 21.5 Å². The van der Waals surface area contributed by atoms with Gasteiger partial charge in [0, 0.05) is 0 Å². The van der Waals surface area contributed by atoms with E-state index in [0.717, 1.165) is 21.9 Å². The van der Waals surface area contributed by atoms with E-state index in [4.69, 9.17) is 4.74 Å². The minimum absolute atomic E-state index is 0.227. The Balaban J connectivity index is 2.19. The highest BCUT2D eigenvalue weighted by atomic mass is 16.5. The molecule has 112 valence electrons. The Morgan fingerprint density at radius 3 is 2.22 bits per heavy atom. The molecule has 2 heteroatoms. The first-order valence-corrected chi connectivity index (χ1v) is 7.56. The summed E-state index contributed by atoms with van der Waals surface area (Å²) in [7, 11) is 1.63. The van der Waals surface area contributed by atoms with Crippen LogP contribution in [0.3, 0.4) is 0 Å². The molecule has 0 heterocycles. The molecule has 0 amide bonds. The van der Waals surface area contributed by atoms with Crippen LogP contribution in [0.4, 0.5) is 0 Å². The van der Waals surface area contributed by atoms with Gasteiger partial charge in [-0.2, -0.15) is 0 Å². The van der Waals surface area contributed by atoms with Crippen molar-refractivity contribution in [1.82, 2.24) is 0 Å². The van der Waals surface area contributed by atoms with Crippen molar-refractivity contribution in [3.8, 4) is 22.6 Å². The van der Waals surface area contributed by atoms with Crippen molar-refractivity contribution in [3.63, 3.8) is 0 Å². The molecule has 0 saturated heterocycles. The summed E-state index contributed by atoms with van der Waals surface area (Å²) >= 11 is 0. The van der Waals surface area contributed by atoms with E-state index < -0.39 is 0 Å². The number of aromatic hydroxyl groups is 1. The lowest BCUT2D eigenvalue weighted by atomic mass is 9.92. The fourth-order valence-corrected chi connectivity index (χ4v) is 3.22. The molecule has 0 bridgehead atoms. The highest BCUT2D eigenvalue weighted by molar-refractivity contribution is 6.14. The molecule has 0 aliphatic rings. The van der Waals surface area contributed by atoms with Crippen LogP contribution in [0.1, 0.15) is 0 Å². The molecule has 0 spiro atoms. The topological polar surface area (TPSA) is 29.5 Å². The minimum Gasteiger partial charge on any atom is -0.507 e. The molecule has 0 atom stereocenters. The largest absolute Gasteiger partial charge is 0.507 e. The zero-order valence-electron chi connectivity index (χ0n) is 12.8. The molecule has 1 N–H and O–H groups in total. The number of benzene rings is 4. The van der Waals surface area contributed by atoms with Crippen LogP contribution < -0.4 is 4.74 Å². The summed E-state index contributed by atoms with van der Waals surface area (Å²) in [5.74, 6) is 0.898. The second-order valence-electron chi connectivity index (χ2n) is 5.55. The quantitative estimate of drug-likeness (QED) is 0.504. The number of rotatable bonds is 2. The molecule has 2 nitrogen and oxygen atoms in total. The lowest BCUT2D eigenvalue weighted by molar-refractivity contribution is 0.410. The molecule has 0 saturated carbocycles. The number of phenolic OH excluding ortho intramolecular Hbond substituents is 1. The minimum atomic E-state index is 0.227. The van der Waals surface area contributed by atoms with Crippen molar-refractivity contribution < 1.29 is 9.84 Å². The molecular formula is C21H16O2. The number of methoxy groups -OCH3 is 1. The third-order valence-corrected chi connectivity index (χ3v) is 4.26. The second-order valence-corrected chi connectivity index (χ2v) is 5.55. The van der Waals surface area contributed by atoms with Gasteiger partial charge in [0.25, 0.3) is 0 Å². The molecule has 0 aliphatic carbocycles. The van der Waals surface area contributed by atoms with Gasteiger partial charge in [-0.05, 0) is 45.3 Å². The Kier molecular flexibility index (Phi) is 3.16. The third-order valence-electron chi connectivity index (χ3n) is 4.26. The fourth-order valence-electron chi connectivity index (χ4n) is 3.22. The third kappa shape index (κ3) is 2.11. The maximum absolute atomic E-state index is 10.4. The molecule has 4 aromatic carbocycles. The van der Waals surface area contributed by atoms with Gasteiger partial charge in [0.15, 0.2) is 0 Å². The summed E-state index contributed by atoms with van der Waals surface area (Å²) in [6.07, 6.45) is 0. The molecular weight excluding hydrogens is 284 g/mol. The summed E-state index contributed by atoms with van der Waals surface area (Å²) in [5.41, 5.74) is 1.71. The Bertz CT molecular complexity index is 1020. The van der Waals surface area contributed by atoms with Gasteiger partial charge in [0.2, 0.25) is 0 Å². The maximum atomic E-state index is 10.4. The van der Waals surface area contributed by atoms with Gasteiger partial charge in [-0.25, -0.2) is 0 Å². The van der Waals surface area contributed by atoms with E-state index in [2.05, 4.69) is 36.4 Å². The standard InChI is InChI=1S/C21H16O2/c1-23-20-12-6-11-19(22)21(20)18-13-14-7-2-3-8-15(14)16-9-4-5-10-17(16)18/h2-13,22H,1H3. The lowest BCUT2D eigenvalue weighted by Crippen LogP contribution is -1.90. The van der Waals surface area contributed by atoms with E-state index in [1.54, 1.807) is 19.2 Å². The zero-order valence-corrected chi connectivity index (χ0v) is 12.8. The van der Waals surface area contributed by atoms with E-state index >= 15 is 0 Å². The van der Waals surface area contributed by atoms with Crippen molar-refractivity contribution in [2.45, 2.75) is 0 Å². The normalized spacial score (nSPS) is 11.0. The van der Waals surface area contributed by atoms with Crippen molar-refractivity contribution in [3.05, 3.63) is 72.8 Å². The van der Waals surface area contributed by atoms with Crippen molar-refractivity contribution in [2.24, 2.45) is 0 Å². The highest BCUT2D eigenvalue weighted by Crippen LogP contribution is 2.43. The lowest BCUT2D eigenvalue weighted by Gasteiger charge is -2.15. The average Bonchev–Trinajstić information content (AvgIpc) is 2.61. The van der Waals surface area contributed by atoms with Gasteiger partial charge in [0.1, 0.15) is 11.5 Å². The molecule has 4 aromatic rings. The highest BCUT2D eigenvalue weighted by Gasteiger charge is 2.15. The Morgan fingerprint density at radius 2 is 1.43 bits per heavy atom. The number of ether oxygens (including phenoxy) is 1. The Morgan fingerprint density at radius 1 is 0.739 bits per heavy atom. The van der Waals surface area contributed by atoms with Crippen LogP contribution >= 0.6 is 0 Å². The van der Waals surface area contributed by atoms with Gasteiger partial charge < -0.3 is 9.84 Å². The molecule has 0 fully saturated rings. The predicted molar refractivity (Wildman–Crippen MR) is 95.1 cm³/mol. The van der Waals surface area contributed by atoms with E-state index in [-0.39, 0.29) is 5.75 Å². The van der Waals surface area contributed by atoms with Crippen LogP contribution in [0.15, 0.2) is 72.8 Å². The van der Waals surface area contributed by atoms with Crippen LogP contribution in [0.5, 0.6) is 11.5 Å². The van der Waals surface area contributed by atoms with E-state index in [1.807, 2.05) is 24.3 Å². The summed E-state index contributed by atoms with van der Waals surface area (Å²) in [6.45, 7) is 0. The summed E-state index contributed by atoms with van der Waals surface area (Å²) < 4.78 is 5.48. The number of hydrogen-bond donors (Lipinski definition) is 1. The van der Waals surface area contributed by atoms with Crippen LogP contribution in [0.2, 0.25) is 0 Å². The summed E-state index contributed by atoms with van der Waals surface area (Å²) in [6, 6.07) is 24.1. The van der Waals surface area contributed by atoms with Gasteiger partial charge >= 0.3 is 0 Å². The molecule has 4 rings (SSSR count). The first-order chi connectivity index (χ1) is 11.3. The molecule has 0 aromatic heterocycles. The summed E-state index contributed by atoms with van der Waals surface area (Å²) in [4.78, 5) is 0. The molecule has 0 aliphatic heterocycles. The van der Waals surface area contributed by atoms with Crippen molar-refractivity contribution in [1.29, 1.82) is 0 Å². The van der Waals surface area contributed by atoms with Crippen LogP contribution in [-0.4, -0.2) is 12.2 Å². The van der Waals surface area contributed by atoms with Gasteiger partial charge in [-0.15, -0.1) is 0 Å². The van der Waals surface area contributed by atoms with Crippen LogP contribution in [0, 0.1) is 0 Å². The zero-order chi connectivity index (χ0) is 15.8. The predicted octanol–water partition coefficient (Wildman–Crippen LogP) is 5.37. The number of hydrogen-bond acceptors (Lipinski definition) is 2. The first-order valence-electron chi connectivity index (χ1n) is 7.56. The van der Waals surface area contributed by atoms with E-state index in [0.29, 0.717) is 5.75 Å². The molecule has 0 unspecified atom stereocenters. The SMILES string of the molecule is COc1cccc(O)c1-c1cc2ccccc2c2ccccc12. The van der Waals surface area contributed by atoms with Gasteiger partial charge in [-0.3, -0.25) is 0 Å². The Labute approximate surface area is 134 Å². The van der Waals surface area contributed by atoms with E-state index in [1.165, 1.54) is 10.8 Å². The monoisotopic (exact) mass is 300 g/mol. The van der Waals surface area contributed by atoms with E-state index in [9.17, 15) is 5.11 Å². The average molecular weight is 300 g/mol. The smallest absolute Gasteiger partial charge is 0.130 e. The Hall–Kier alpha value is -3.00. The van der Waals surface area contributed by atoms with Crippen LogP contribution in [0.25, 0.3) is 32.7 Å². The number of phenols is 1. The second kappa shape index (κ2) is 5.33.